The van der Waals surface area contributed by atoms with Gasteiger partial charge in [0.05, 0.1) is 0 Å². The second-order valence-corrected chi connectivity index (χ2v) is 8.78. The summed E-state index contributed by atoms with van der Waals surface area (Å²) in [6.45, 7) is 9.45. The van der Waals surface area contributed by atoms with Gasteiger partial charge in [0.25, 0.3) is 0 Å². The van der Waals surface area contributed by atoms with Crippen molar-refractivity contribution < 1.29 is 0 Å². The van der Waals surface area contributed by atoms with Gasteiger partial charge in [-0.05, 0) is 49.3 Å². The van der Waals surface area contributed by atoms with E-state index in [9.17, 15) is 0 Å². The highest BCUT2D eigenvalue weighted by Gasteiger charge is 2.01. The van der Waals surface area contributed by atoms with Gasteiger partial charge in [0.1, 0.15) is 0 Å². The summed E-state index contributed by atoms with van der Waals surface area (Å²) in [5, 5.41) is 0. The Morgan fingerprint density at radius 1 is 0.750 bits per heavy atom. The molecule has 0 aromatic carbocycles. The van der Waals surface area contributed by atoms with Gasteiger partial charge in [-0.25, -0.2) is 0 Å². The van der Waals surface area contributed by atoms with Crippen LogP contribution >= 0.6 is 17.2 Å². The van der Waals surface area contributed by atoms with E-state index in [1.807, 2.05) is 0 Å². The lowest BCUT2D eigenvalue weighted by molar-refractivity contribution is 0.773. The Balaban J connectivity index is 3.15. The molecule has 0 aliphatic carbocycles. The minimum absolute atomic E-state index is 0.992. The summed E-state index contributed by atoms with van der Waals surface area (Å²) >= 11 is 0. The van der Waals surface area contributed by atoms with E-state index in [0.29, 0.717) is 0 Å². The number of hydrogen-bond acceptors (Lipinski definition) is 0. The average Bonchev–Trinajstić information content (AvgIpc) is 2.24. The third-order valence-corrected chi connectivity index (χ3v) is 6.29. The minimum Gasteiger partial charge on any atom is -0.119 e. The van der Waals surface area contributed by atoms with Gasteiger partial charge in [0, 0.05) is 0 Å². The van der Waals surface area contributed by atoms with Crippen LogP contribution in [0, 0.1) is 0 Å². The van der Waals surface area contributed by atoms with Gasteiger partial charge < -0.3 is 0 Å². The fourth-order valence-electron chi connectivity index (χ4n) is 2.02. The average molecular weight is 262 g/mol. The van der Waals surface area contributed by atoms with Gasteiger partial charge in [-0.15, -0.1) is 17.2 Å². The first-order valence-electron chi connectivity index (χ1n) is 7.17. The zero-order chi connectivity index (χ0) is 12.2. The van der Waals surface area contributed by atoms with E-state index in [-0.39, 0.29) is 0 Å². The van der Waals surface area contributed by atoms with Crippen LogP contribution in [0.25, 0.3) is 0 Å². The van der Waals surface area contributed by atoms with Crippen LogP contribution in [0.5, 0.6) is 0 Å². The first-order chi connectivity index (χ1) is 7.70. The number of rotatable bonds is 11. The normalized spacial score (nSPS) is 16.5. The minimum atomic E-state index is 0.992. The number of unbranched alkanes of at least 4 members (excludes halogenated alkanes) is 1. The van der Waals surface area contributed by atoms with Crippen LogP contribution in [0.4, 0.5) is 0 Å². The van der Waals surface area contributed by atoms with E-state index in [1.165, 1.54) is 68.0 Å². The topological polar surface area (TPSA) is 0 Å². The van der Waals surface area contributed by atoms with Crippen LogP contribution in [0.1, 0.15) is 66.2 Å². The van der Waals surface area contributed by atoms with Crippen molar-refractivity contribution in [3.05, 3.63) is 0 Å². The lowest BCUT2D eigenvalue weighted by Crippen LogP contribution is -1.96. The van der Waals surface area contributed by atoms with E-state index in [1.54, 1.807) is 0 Å². The van der Waals surface area contributed by atoms with Gasteiger partial charge >= 0.3 is 0 Å². The SMILES string of the molecule is CCCC(C)PCCCCPC(C)CCC. The molecule has 4 atom stereocenters. The molecular formula is C14H32P2. The van der Waals surface area contributed by atoms with Crippen molar-refractivity contribution in [3.8, 4) is 0 Å². The molecule has 0 fully saturated rings. The fraction of sp³-hybridized carbons (Fsp3) is 1.00. The van der Waals surface area contributed by atoms with Crippen molar-refractivity contribution >= 4 is 17.2 Å². The summed E-state index contributed by atoms with van der Waals surface area (Å²) in [4.78, 5) is 0. The van der Waals surface area contributed by atoms with E-state index in [2.05, 4.69) is 27.7 Å². The highest BCUT2D eigenvalue weighted by Crippen LogP contribution is 2.27. The zero-order valence-electron chi connectivity index (χ0n) is 11.8. The van der Waals surface area contributed by atoms with Crippen molar-refractivity contribution in [3.63, 3.8) is 0 Å². The Hall–Kier alpha value is 0.860. The van der Waals surface area contributed by atoms with Crippen molar-refractivity contribution in [2.75, 3.05) is 12.3 Å². The van der Waals surface area contributed by atoms with Crippen LogP contribution in [0.15, 0.2) is 0 Å². The molecule has 0 aromatic rings. The van der Waals surface area contributed by atoms with Crippen LogP contribution in [-0.2, 0) is 0 Å². The Morgan fingerprint density at radius 3 is 1.44 bits per heavy atom. The van der Waals surface area contributed by atoms with E-state index >= 15 is 0 Å². The first kappa shape index (κ1) is 16.9. The molecule has 0 heterocycles. The molecule has 0 aliphatic heterocycles. The van der Waals surface area contributed by atoms with Crippen LogP contribution in [0.2, 0.25) is 0 Å². The van der Waals surface area contributed by atoms with Crippen molar-refractivity contribution in [1.82, 2.24) is 0 Å². The van der Waals surface area contributed by atoms with Gasteiger partial charge in [0.2, 0.25) is 0 Å². The highest BCUT2D eigenvalue weighted by atomic mass is 31.1. The van der Waals surface area contributed by atoms with Crippen LogP contribution in [0.3, 0.4) is 0 Å². The molecule has 0 amide bonds. The first-order valence-corrected chi connectivity index (χ1v) is 9.74. The summed E-state index contributed by atoms with van der Waals surface area (Å²) in [5.41, 5.74) is 1.98. The van der Waals surface area contributed by atoms with Gasteiger partial charge in [0.15, 0.2) is 0 Å². The molecule has 0 N–H and O–H groups in total. The van der Waals surface area contributed by atoms with E-state index in [0.717, 1.165) is 11.3 Å². The molecule has 0 radical (unpaired) electrons. The summed E-state index contributed by atoms with van der Waals surface area (Å²) in [7, 11) is 2.44. The molecule has 0 nitrogen and oxygen atoms in total. The smallest absolute Gasteiger partial charge is 0.0265 e. The predicted molar refractivity (Wildman–Crippen MR) is 84.3 cm³/mol. The number of hydrogen-bond donors (Lipinski definition) is 0. The molecule has 0 spiro atoms. The zero-order valence-corrected chi connectivity index (χ0v) is 13.8. The summed E-state index contributed by atoms with van der Waals surface area (Å²) in [6.07, 6.45) is 11.6. The lowest BCUT2D eigenvalue weighted by atomic mass is 10.3. The Labute approximate surface area is 107 Å². The Morgan fingerprint density at radius 2 is 1.12 bits per heavy atom. The Bertz CT molecular complexity index is 121. The molecule has 4 unspecified atom stereocenters. The standard InChI is InChI=1S/C14H32P2/c1-5-9-13(3)15-11-7-8-12-16-14(4)10-6-2/h13-16H,5-12H2,1-4H3. The van der Waals surface area contributed by atoms with E-state index in [4.69, 9.17) is 0 Å². The second-order valence-electron chi connectivity index (χ2n) is 4.99. The van der Waals surface area contributed by atoms with Crippen molar-refractivity contribution in [2.45, 2.75) is 77.5 Å². The molecule has 0 saturated heterocycles. The highest BCUT2D eigenvalue weighted by molar-refractivity contribution is 7.39. The molecule has 0 aliphatic rings. The van der Waals surface area contributed by atoms with Crippen LogP contribution in [-0.4, -0.2) is 23.6 Å². The molecule has 2 heteroatoms. The van der Waals surface area contributed by atoms with Gasteiger partial charge in [-0.2, -0.15) is 0 Å². The molecular weight excluding hydrogens is 230 g/mol. The lowest BCUT2D eigenvalue weighted by Gasteiger charge is -2.11. The maximum absolute atomic E-state index is 2.42. The molecule has 0 rings (SSSR count). The molecule has 0 saturated carbocycles. The maximum atomic E-state index is 2.42. The van der Waals surface area contributed by atoms with Crippen LogP contribution < -0.4 is 0 Å². The third kappa shape index (κ3) is 11.3. The summed E-state index contributed by atoms with van der Waals surface area (Å²) in [5.74, 6) is 0. The van der Waals surface area contributed by atoms with Gasteiger partial charge in [-0.1, -0.05) is 40.5 Å². The molecule has 16 heavy (non-hydrogen) atoms. The Kier molecular flexibility index (Phi) is 13.0. The maximum Gasteiger partial charge on any atom is -0.0265 e. The van der Waals surface area contributed by atoms with Crippen molar-refractivity contribution in [2.24, 2.45) is 0 Å². The molecule has 98 valence electrons. The molecule has 0 aromatic heterocycles. The summed E-state index contributed by atoms with van der Waals surface area (Å²) in [6, 6.07) is 0. The monoisotopic (exact) mass is 262 g/mol. The van der Waals surface area contributed by atoms with E-state index < -0.39 is 0 Å². The van der Waals surface area contributed by atoms with Crippen molar-refractivity contribution in [1.29, 1.82) is 0 Å². The van der Waals surface area contributed by atoms with Gasteiger partial charge in [-0.3, -0.25) is 0 Å². The fourth-order valence-corrected chi connectivity index (χ4v) is 4.90. The largest absolute Gasteiger partial charge is 0.119 e. The summed E-state index contributed by atoms with van der Waals surface area (Å²) < 4.78 is 0. The third-order valence-electron chi connectivity index (χ3n) is 3.03. The second kappa shape index (κ2) is 12.3. The predicted octanol–water partition coefficient (Wildman–Crippen LogP) is 5.50. The molecule has 0 bridgehead atoms. The quantitative estimate of drug-likeness (QED) is 0.340.